The SMILES string of the molecule is CCCC(C)(C)SC[O]. The summed E-state index contributed by atoms with van der Waals surface area (Å²) < 4.78 is 0.205. The lowest BCUT2D eigenvalue weighted by Gasteiger charge is -2.20. The predicted molar refractivity (Wildman–Crippen MR) is 42.1 cm³/mol. The third-order valence-corrected chi connectivity index (χ3v) is 2.41. The number of rotatable bonds is 4. The van der Waals surface area contributed by atoms with Crippen molar-refractivity contribution in [3.63, 3.8) is 0 Å². The van der Waals surface area contributed by atoms with Crippen molar-refractivity contribution in [3.8, 4) is 0 Å². The van der Waals surface area contributed by atoms with Gasteiger partial charge in [-0.25, -0.2) is 5.11 Å². The van der Waals surface area contributed by atoms with Gasteiger partial charge in [0.15, 0.2) is 0 Å². The molecule has 0 unspecified atom stereocenters. The molecule has 0 aromatic rings. The molecule has 0 aliphatic carbocycles. The first-order valence-electron chi connectivity index (χ1n) is 3.34. The average molecular weight is 147 g/mol. The maximum Gasteiger partial charge on any atom is 0.128 e. The van der Waals surface area contributed by atoms with Crippen molar-refractivity contribution in [2.45, 2.75) is 38.4 Å². The van der Waals surface area contributed by atoms with E-state index in [4.69, 9.17) is 0 Å². The monoisotopic (exact) mass is 147 g/mol. The first-order chi connectivity index (χ1) is 4.12. The molecular formula is C7H15OS. The molecule has 2 heteroatoms. The van der Waals surface area contributed by atoms with Crippen LogP contribution < -0.4 is 0 Å². The van der Waals surface area contributed by atoms with Crippen LogP contribution in [-0.2, 0) is 5.11 Å². The van der Waals surface area contributed by atoms with E-state index in [0.717, 1.165) is 6.42 Å². The molecule has 0 aromatic carbocycles. The lowest BCUT2D eigenvalue weighted by Crippen LogP contribution is -2.14. The molecule has 0 rings (SSSR count). The third-order valence-electron chi connectivity index (χ3n) is 1.30. The van der Waals surface area contributed by atoms with Gasteiger partial charge >= 0.3 is 0 Å². The van der Waals surface area contributed by atoms with Crippen molar-refractivity contribution in [2.24, 2.45) is 0 Å². The molecule has 0 fully saturated rings. The van der Waals surface area contributed by atoms with E-state index >= 15 is 0 Å². The first-order valence-corrected chi connectivity index (χ1v) is 4.33. The molecular weight excluding hydrogens is 132 g/mol. The second kappa shape index (κ2) is 4.18. The summed E-state index contributed by atoms with van der Waals surface area (Å²) in [4.78, 5) is 0. The molecule has 0 aliphatic heterocycles. The summed E-state index contributed by atoms with van der Waals surface area (Å²) in [5, 5.41) is 10.2. The Bertz CT molecular complexity index is 63.3. The van der Waals surface area contributed by atoms with E-state index in [1.165, 1.54) is 18.2 Å². The lowest BCUT2D eigenvalue weighted by molar-refractivity contribution is 0.259. The van der Waals surface area contributed by atoms with Crippen molar-refractivity contribution < 1.29 is 5.11 Å². The summed E-state index contributed by atoms with van der Waals surface area (Å²) in [7, 11) is 0. The molecule has 0 aromatic heterocycles. The summed E-state index contributed by atoms with van der Waals surface area (Å²) in [6.07, 6.45) is 2.31. The van der Waals surface area contributed by atoms with E-state index < -0.39 is 0 Å². The van der Waals surface area contributed by atoms with Crippen LogP contribution in [0.5, 0.6) is 0 Å². The van der Waals surface area contributed by atoms with Crippen LogP contribution in [0, 0.1) is 0 Å². The summed E-state index contributed by atoms with van der Waals surface area (Å²) in [5.41, 5.74) is 0. The van der Waals surface area contributed by atoms with E-state index in [2.05, 4.69) is 20.8 Å². The van der Waals surface area contributed by atoms with Gasteiger partial charge in [-0.05, 0) is 6.42 Å². The highest BCUT2D eigenvalue weighted by Gasteiger charge is 2.15. The second-order valence-corrected chi connectivity index (χ2v) is 4.40. The third kappa shape index (κ3) is 4.79. The van der Waals surface area contributed by atoms with E-state index in [0.29, 0.717) is 0 Å². The van der Waals surface area contributed by atoms with Crippen molar-refractivity contribution in [1.29, 1.82) is 0 Å². The van der Waals surface area contributed by atoms with Crippen molar-refractivity contribution >= 4 is 11.8 Å². The molecule has 0 saturated carbocycles. The molecule has 0 amide bonds. The molecule has 55 valence electrons. The molecule has 0 spiro atoms. The van der Waals surface area contributed by atoms with Crippen LogP contribution in [-0.4, -0.2) is 10.7 Å². The minimum atomic E-state index is -0.00694. The Morgan fingerprint density at radius 3 is 2.33 bits per heavy atom. The molecule has 0 atom stereocenters. The molecule has 0 aliphatic rings. The zero-order valence-electron chi connectivity index (χ0n) is 6.44. The summed E-state index contributed by atoms with van der Waals surface area (Å²) in [6, 6.07) is 0. The van der Waals surface area contributed by atoms with Crippen LogP contribution in [0.15, 0.2) is 0 Å². The average Bonchev–Trinajstić information content (AvgIpc) is 1.64. The van der Waals surface area contributed by atoms with Gasteiger partial charge in [-0.1, -0.05) is 27.2 Å². The fourth-order valence-electron chi connectivity index (χ4n) is 0.834. The molecule has 0 N–H and O–H groups in total. The van der Waals surface area contributed by atoms with Crippen LogP contribution in [0.3, 0.4) is 0 Å². The van der Waals surface area contributed by atoms with Gasteiger partial charge in [0, 0.05) is 4.75 Å². The van der Waals surface area contributed by atoms with Crippen molar-refractivity contribution in [2.75, 3.05) is 5.94 Å². The highest BCUT2D eigenvalue weighted by atomic mass is 32.2. The van der Waals surface area contributed by atoms with E-state index in [1.807, 2.05) is 0 Å². The van der Waals surface area contributed by atoms with Crippen LogP contribution in [0.25, 0.3) is 0 Å². The Kier molecular flexibility index (Phi) is 4.32. The van der Waals surface area contributed by atoms with Gasteiger partial charge in [0.2, 0.25) is 0 Å². The summed E-state index contributed by atoms with van der Waals surface area (Å²) in [6.45, 7) is 6.39. The van der Waals surface area contributed by atoms with Gasteiger partial charge in [-0.3, -0.25) is 0 Å². The Balaban J connectivity index is 3.43. The Morgan fingerprint density at radius 2 is 2.00 bits per heavy atom. The Morgan fingerprint density at radius 1 is 1.44 bits per heavy atom. The van der Waals surface area contributed by atoms with E-state index in [-0.39, 0.29) is 10.7 Å². The van der Waals surface area contributed by atoms with Gasteiger partial charge in [-0.2, -0.15) is 0 Å². The van der Waals surface area contributed by atoms with Gasteiger partial charge < -0.3 is 0 Å². The maximum atomic E-state index is 10.2. The smallest absolute Gasteiger partial charge is 0.128 e. The van der Waals surface area contributed by atoms with Crippen LogP contribution in [0.4, 0.5) is 0 Å². The fraction of sp³-hybridized carbons (Fsp3) is 1.00. The minimum absolute atomic E-state index is 0.00694. The Labute approximate surface area is 61.8 Å². The highest BCUT2D eigenvalue weighted by molar-refractivity contribution is 8.00. The Hall–Kier alpha value is 0.310. The number of hydrogen-bond acceptors (Lipinski definition) is 1. The fourth-order valence-corrected chi connectivity index (χ4v) is 1.50. The largest absolute Gasteiger partial charge is 0.225 e. The summed E-state index contributed by atoms with van der Waals surface area (Å²) >= 11 is 1.50. The topological polar surface area (TPSA) is 19.9 Å². The highest BCUT2D eigenvalue weighted by Crippen LogP contribution is 2.28. The van der Waals surface area contributed by atoms with Crippen molar-refractivity contribution in [1.82, 2.24) is 0 Å². The van der Waals surface area contributed by atoms with Crippen LogP contribution in [0.2, 0.25) is 0 Å². The van der Waals surface area contributed by atoms with E-state index in [9.17, 15) is 5.11 Å². The zero-order chi connectivity index (χ0) is 7.33. The number of hydrogen-bond donors (Lipinski definition) is 0. The summed E-state index contributed by atoms with van der Waals surface area (Å²) in [5.74, 6) is -0.00694. The predicted octanol–water partition coefficient (Wildman–Crippen LogP) is 2.69. The van der Waals surface area contributed by atoms with Crippen LogP contribution in [0.1, 0.15) is 33.6 Å². The molecule has 9 heavy (non-hydrogen) atoms. The molecule has 0 saturated heterocycles. The maximum absolute atomic E-state index is 10.2. The molecule has 0 heterocycles. The molecule has 1 nitrogen and oxygen atoms in total. The van der Waals surface area contributed by atoms with Gasteiger partial charge in [0.1, 0.15) is 5.94 Å². The van der Waals surface area contributed by atoms with Gasteiger partial charge in [0.25, 0.3) is 0 Å². The first kappa shape index (κ1) is 9.31. The molecule has 1 radical (unpaired) electrons. The second-order valence-electron chi connectivity index (χ2n) is 2.77. The zero-order valence-corrected chi connectivity index (χ0v) is 7.25. The quantitative estimate of drug-likeness (QED) is 0.560. The lowest BCUT2D eigenvalue weighted by atomic mass is 10.1. The molecule has 0 bridgehead atoms. The van der Waals surface area contributed by atoms with Crippen molar-refractivity contribution in [3.05, 3.63) is 0 Å². The van der Waals surface area contributed by atoms with Crippen LogP contribution >= 0.6 is 11.8 Å². The minimum Gasteiger partial charge on any atom is -0.225 e. The van der Waals surface area contributed by atoms with E-state index in [1.54, 1.807) is 0 Å². The standard InChI is InChI=1S/C7H15OS/c1-4-5-7(2,3)9-6-8/h4-6H2,1-3H3. The van der Waals surface area contributed by atoms with Gasteiger partial charge in [0.05, 0.1) is 0 Å². The number of thioether (sulfide) groups is 1. The van der Waals surface area contributed by atoms with Gasteiger partial charge in [-0.15, -0.1) is 11.8 Å². The normalized spacial score (nSPS) is 12.0.